The number of nitrogens with zero attached hydrogens (tertiary/aromatic N) is 4. The maximum atomic E-state index is 12.5. The third kappa shape index (κ3) is 5.63. The Morgan fingerprint density at radius 1 is 1.16 bits per heavy atom. The van der Waals surface area contributed by atoms with Crippen molar-refractivity contribution in [2.24, 2.45) is 7.05 Å². The Labute approximate surface area is 193 Å². The Morgan fingerprint density at radius 3 is 2.45 bits per heavy atom. The van der Waals surface area contributed by atoms with Crippen LogP contribution in [0.15, 0.2) is 29.4 Å². The Balaban J connectivity index is 1.62. The topological polar surface area (TPSA) is 102 Å². The number of amides is 2. The first kappa shape index (κ1) is 23.2. The molecule has 0 aliphatic heterocycles. The molecule has 2 amide bonds. The summed E-state index contributed by atoms with van der Waals surface area (Å²) in [6, 6.07) is 6.28. The molecule has 0 fully saturated rings. The van der Waals surface area contributed by atoms with Gasteiger partial charge in [0, 0.05) is 22.5 Å². The highest BCUT2D eigenvalue weighted by molar-refractivity contribution is 8.00. The van der Waals surface area contributed by atoms with Gasteiger partial charge in [-0.3, -0.25) is 9.59 Å². The van der Waals surface area contributed by atoms with E-state index in [0.29, 0.717) is 26.7 Å². The molecule has 0 saturated carbocycles. The van der Waals surface area contributed by atoms with Gasteiger partial charge < -0.3 is 15.2 Å². The number of benzene rings is 1. The first-order valence-corrected chi connectivity index (χ1v) is 11.6. The van der Waals surface area contributed by atoms with Crippen molar-refractivity contribution < 1.29 is 9.59 Å². The van der Waals surface area contributed by atoms with E-state index in [2.05, 4.69) is 25.8 Å². The van der Waals surface area contributed by atoms with Gasteiger partial charge in [0.15, 0.2) is 16.1 Å². The molecule has 0 saturated heterocycles. The quantitative estimate of drug-likeness (QED) is 0.494. The molecular formula is C20H23ClN6O2S2. The zero-order valence-corrected chi connectivity index (χ0v) is 20.2. The van der Waals surface area contributed by atoms with Crippen LogP contribution in [0.4, 0.5) is 5.13 Å². The van der Waals surface area contributed by atoms with Crippen molar-refractivity contribution in [1.29, 1.82) is 0 Å². The van der Waals surface area contributed by atoms with E-state index in [1.807, 2.05) is 20.8 Å². The Kier molecular flexibility index (Phi) is 7.34. The van der Waals surface area contributed by atoms with E-state index in [0.717, 1.165) is 10.6 Å². The summed E-state index contributed by atoms with van der Waals surface area (Å²) in [7, 11) is 1.81. The third-order valence-corrected chi connectivity index (χ3v) is 6.99. The van der Waals surface area contributed by atoms with E-state index >= 15 is 0 Å². The summed E-state index contributed by atoms with van der Waals surface area (Å²) < 4.78 is 1.78. The number of carbonyl (C=O) groups is 2. The normalized spacial score (nSPS) is 13.0. The van der Waals surface area contributed by atoms with Crippen LogP contribution in [0.25, 0.3) is 0 Å². The number of carbonyl (C=O) groups excluding carboxylic acids is 2. The van der Waals surface area contributed by atoms with Gasteiger partial charge in [-0.15, -0.1) is 21.5 Å². The lowest BCUT2D eigenvalue weighted by Crippen LogP contribution is -2.28. The summed E-state index contributed by atoms with van der Waals surface area (Å²) in [6.45, 7) is 7.51. The van der Waals surface area contributed by atoms with Crippen LogP contribution in [0.2, 0.25) is 5.02 Å². The van der Waals surface area contributed by atoms with E-state index < -0.39 is 5.25 Å². The second kappa shape index (κ2) is 9.80. The summed E-state index contributed by atoms with van der Waals surface area (Å²) in [4.78, 5) is 30.4. The first-order chi connectivity index (χ1) is 14.7. The van der Waals surface area contributed by atoms with Crippen LogP contribution < -0.4 is 10.6 Å². The molecule has 0 bridgehead atoms. The third-order valence-electron chi connectivity index (χ3n) is 4.62. The van der Waals surface area contributed by atoms with Crippen molar-refractivity contribution in [3.05, 3.63) is 51.2 Å². The highest BCUT2D eigenvalue weighted by Gasteiger charge is 2.23. The largest absolute Gasteiger partial charge is 0.342 e. The van der Waals surface area contributed by atoms with E-state index in [1.54, 1.807) is 42.8 Å². The molecule has 3 aromatic rings. The fourth-order valence-electron chi connectivity index (χ4n) is 2.70. The number of thioether (sulfide) groups is 1. The second-order valence-electron chi connectivity index (χ2n) is 7.01. The smallest absolute Gasteiger partial charge is 0.251 e. The molecule has 31 heavy (non-hydrogen) atoms. The fraction of sp³-hybridized carbons (Fsp3) is 0.350. The molecule has 3 rings (SSSR count). The lowest BCUT2D eigenvalue weighted by molar-refractivity contribution is -0.115. The zero-order chi connectivity index (χ0) is 22.7. The van der Waals surface area contributed by atoms with Crippen molar-refractivity contribution in [3.63, 3.8) is 0 Å². The maximum absolute atomic E-state index is 12.5. The molecule has 1 aromatic carbocycles. The highest BCUT2D eigenvalue weighted by atomic mass is 35.5. The average molecular weight is 479 g/mol. The molecule has 2 heterocycles. The van der Waals surface area contributed by atoms with Crippen LogP contribution in [0, 0.1) is 13.8 Å². The minimum absolute atomic E-state index is 0.160. The van der Waals surface area contributed by atoms with Gasteiger partial charge in [-0.1, -0.05) is 23.4 Å². The number of anilines is 1. The lowest BCUT2D eigenvalue weighted by Gasteiger charge is -2.14. The van der Waals surface area contributed by atoms with E-state index in [-0.39, 0.29) is 17.9 Å². The first-order valence-electron chi connectivity index (χ1n) is 9.53. The summed E-state index contributed by atoms with van der Waals surface area (Å²) in [5.41, 5.74) is 1.42. The van der Waals surface area contributed by atoms with Crippen LogP contribution in [0.1, 0.15) is 46.6 Å². The van der Waals surface area contributed by atoms with E-state index in [4.69, 9.17) is 11.6 Å². The summed E-state index contributed by atoms with van der Waals surface area (Å²) in [5.74, 6) is 0.194. The second-order valence-corrected chi connectivity index (χ2v) is 9.96. The molecule has 0 radical (unpaired) electrons. The van der Waals surface area contributed by atoms with Gasteiger partial charge in [-0.2, -0.15) is 0 Å². The molecule has 0 aliphatic rings. The Bertz CT molecular complexity index is 1080. The molecule has 2 aromatic heterocycles. The van der Waals surface area contributed by atoms with Gasteiger partial charge in [-0.05, 0) is 52.0 Å². The predicted molar refractivity (Wildman–Crippen MR) is 124 cm³/mol. The lowest BCUT2D eigenvalue weighted by atomic mass is 10.2. The van der Waals surface area contributed by atoms with Gasteiger partial charge >= 0.3 is 0 Å². The summed E-state index contributed by atoms with van der Waals surface area (Å²) in [5, 5.41) is 15.5. The van der Waals surface area contributed by atoms with Gasteiger partial charge in [0.2, 0.25) is 5.91 Å². The predicted octanol–water partition coefficient (Wildman–Crippen LogP) is 4.15. The number of halogens is 1. The van der Waals surface area contributed by atoms with Crippen LogP contribution in [-0.2, 0) is 11.8 Å². The van der Waals surface area contributed by atoms with Gasteiger partial charge in [-0.25, -0.2) is 4.98 Å². The zero-order valence-electron chi connectivity index (χ0n) is 17.8. The number of thiazole rings is 1. The molecule has 2 N–H and O–H groups in total. The molecule has 0 aliphatic carbocycles. The minimum atomic E-state index is -0.403. The van der Waals surface area contributed by atoms with Gasteiger partial charge in [0.1, 0.15) is 0 Å². The maximum Gasteiger partial charge on any atom is 0.251 e. The van der Waals surface area contributed by atoms with Gasteiger partial charge in [0.25, 0.3) is 5.91 Å². The molecular weight excluding hydrogens is 456 g/mol. The molecule has 2 atom stereocenters. The number of rotatable bonds is 7. The monoisotopic (exact) mass is 478 g/mol. The summed E-state index contributed by atoms with van der Waals surface area (Å²) in [6.07, 6.45) is 0. The fourth-order valence-corrected chi connectivity index (χ4v) is 4.46. The van der Waals surface area contributed by atoms with Crippen LogP contribution in [-0.4, -0.2) is 36.8 Å². The number of aromatic nitrogens is 4. The van der Waals surface area contributed by atoms with Gasteiger partial charge in [0.05, 0.1) is 17.0 Å². The number of aryl methyl sites for hydroxylation is 2. The molecule has 164 valence electrons. The number of nitrogens with one attached hydrogen (secondary N) is 2. The summed E-state index contributed by atoms with van der Waals surface area (Å²) >= 11 is 8.61. The van der Waals surface area contributed by atoms with Crippen LogP contribution in [0.5, 0.6) is 0 Å². The van der Waals surface area contributed by atoms with E-state index in [9.17, 15) is 9.59 Å². The van der Waals surface area contributed by atoms with Crippen molar-refractivity contribution >= 4 is 51.6 Å². The standard InChI is InChI=1S/C20H23ClN6O2S2/c1-10-12(3)30-19(23-10)24-17(28)13(4)31-20-26-25-16(27(20)5)11(2)22-18(29)14-6-8-15(21)9-7-14/h6-9,11,13H,1-5H3,(H,22,29)(H,23,24,28)/t11-,13+/m1/s1. The van der Waals surface area contributed by atoms with Crippen molar-refractivity contribution in [2.45, 2.75) is 44.1 Å². The Hall–Kier alpha value is -2.43. The number of hydrogen-bond acceptors (Lipinski definition) is 7. The molecule has 0 spiro atoms. The molecule has 11 heteroatoms. The SMILES string of the molecule is Cc1nc(NC(=O)[C@H](C)Sc2nnc([C@@H](C)NC(=O)c3ccc(Cl)cc3)n2C)sc1C. The highest BCUT2D eigenvalue weighted by Crippen LogP contribution is 2.26. The van der Waals surface area contributed by atoms with Crippen molar-refractivity contribution in [3.8, 4) is 0 Å². The van der Waals surface area contributed by atoms with E-state index in [1.165, 1.54) is 23.1 Å². The van der Waals surface area contributed by atoms with Crippen LogP contribution in [0.3, 0.4) is 0 Å². The van der Waals surface area contributed by atoms with Crippen molar-refractivity contribution in [1.82, 2.24) is 25.1 Å². The number of hydrogen-bond donors (Lipinski definition) is 2. The Morgan fingerprint density at radius 2 is 1.84 bits per heavy atom. The minimum Gasteiger partial charge on any atom is -0.342 e. The average Bonchev–Trinajstić information content (AvgIpc) is 3.23. The molecule has 8 nitrogen and oxygen atoms in total. The van der Waals surface area contributed by atoms with Crippen LogP contribution >= 0.6 is 34.7 Å². The van der Waals surface area contributed by atoms with Crippen molar-refractivity contribution in [2.75, 3.05) is 5.32 Å². The molecule has 0 unspecified atom stereocenters.